The number of aromatic nitrogens is 2. The number of aromatic carboxylic acids is 1. The molecule has 0 aliphatic heterocycles. The first-order valence-corrected chi connectivity index (χ1v) is 5.20. The normalized spacial score (nSPS) is 13.3. The highest BCUT2D eigenvalue weighted by atomic mass is 32.1. The third-order valence-electron chi connectivity index (χ3n) is 2.41. The number of carboxylic acids is 1. The molecule has 6 heteroatoms. The molecule has 0 spiro atoms. The van der Waals surface area contributed by atoms with Crippen LogP contribution in [0.5, 0.6) is 0 Å². The summed E-state index contributed by atoms with van der Waals surface area (Å²) in [5.74, 6) is -0.373. The number of fused-ring (bicyclic) bond motifs is 3. The van der Waals surface area contributed by atoms with E-state index in [1.807, 2.05) is 0 Å². The molecule has 2 aromatic heterocycles. The maximum Gasteiger partial charge on any atom is 0.371 e. The van der Waals surface area contributed by atoms with E-state index in [0.717, 1.165) is 29.0 Å². The minimum Gasteiger partial charge on any atom is -0.475 e. The Bertz CT molecular complexity index is 543. The highest BCUT2D eigenvalue weighted by molar-refractivity contribution is 7.06. The van der Waals surface area contributed by atoms with Crippen LogP contribution in [0, 0.1) is 0 Å². The molecule has 5 nitrogen and oxygen atoms in total. The minimum absolute atomic E-state index is 0.0270. The summed E-state index contributed by atoms with van der Waals surface area (Å²) in [6.07, 6.45) is 1.55. The summed E-state index contributed by atoms with van der Waals surface area (Å²) in [6.45, 7) is 0. The predicted molar refractivity (Wildman–Crippen MR) is 52.0 cm³/mol. The number of hydrogen-bond donors (Lipinski definition) is 1. The van der Waals surface area contributed by atoms with Crippen molar-refractivity contribution >= 4 is 17.5 Å². The SMILES string of the molecule is O=C(O)c1cc2c(o1)CCc1snnc1-2. The molecule has 0 radical (unpaired) electrons. The van der Waals surface area contributed by atoms with Crippen molar-refractivity contribution in [3.8, 4) is 11.3 Å². The minimum atomic E-state index is -1.05. The fourth-order valence-corrected chi connectivity index (χ4v) is 2.38. The second-order valence-electron chi connectivity index (χ2n) is 3.30. The van der Waals surface area contributed by atoms with Crippen LogP contribution in [0.4, 0.5) is 0 Å². The van der Waals surface area contributed by atoms with Crippen molar-refractivity contribution < 1.29 is 14.3 Å². The average Bonchev–Trinajstić information content (AvgIpc) is 2.82. The van der Waals surface area contributed by atoms with Crippen molar-refractivity contribution in [2.24, 2.45) is 0 Å². The van der Waals surface area contributed by atoms with Gasteiger partial charge in [-0.1, -0.05) is 4.49 Å². The van der Waals surface area contributed by atoms with Crippen molar-refractivity contribution in [1.82, 2.24) is 9.59 Å². The van der Waals surface area contributed by atoms with Crippen LogP contribution in [0.3, 0.4) is 0 Å². The van der Waals surface area contributed by atoms with Crippen molar-refractivity contribution in [3.05, 3.63) is 22.5 Å². The van der Waals surface area contributed by atoms with Crippen LogP contribution >= 0.6 is 11.5 Å². The van der Waals surface area contributed by atoms with Crippen LogP contribution in [0.25, 0.3) is 11.3 Å². The molecule has 0 fully saturated rings. The molecule has 0 saturated carbocycles. The third kappa shape index (κ3) is 1.18. The molecule has 76 valence electrons. The molecule has 0 aromatic carbocycles. The summed E-state index contributed by atoms with van der Waals surface area (Å²) in [6, 6.07) is 1.52. The number of furan rings is 1. The van der Waals surface area contributed by atoms with Gasteiger partial charge in [-0.25, -0.2) is 4.79 Å². The van der Waals surface area contributed by atoms with Gasteiger partial charge in [0.15, 0.2) is 0 Å². The first-order valence-electron chi connectivity index (χ1n) is 4.43. The van der Waals surface area contributed by atoms with Crippen LogP contribution in [0.15, 0.2) is 10.5 Å². The third-order valence-corrected chi connectivity index (χ3v) is 3.19. The molecule has 15 heavy (non-hydrogen) atoms. The zero-order valence-electron chi connectivity index (χ0n) is 7.56. The van der Waals surface area contributed by atoms with Gasteiger partial charge in [-0.2, -0.15) is 0 Å². The second-order valence-corrected chi connectivity index (χ2v) is 4.14. The van der Waals surface area contributed by atoms with Crippen LogP contribution in [-0.4, -0.2) is 20.7 Å². The van der Waals surface area contributed by atoms with Gasteiger partial charge in [-0.05, 0) is 18.0 Å². The maximum absolute atomic E-state index is 10.7. The lowest BCUT2D eigenvalue weighted by Crippen LogP contribution is -1.98. The Morgan fingerprint density at radius 2 is 2.40 bits per heavy atom. The summed E-state index contributed by atoms with van der Waals surface area (Å²) in [7, 11) is 0. The van der Waals surface area contributed by atoms with Crippen molar-refractivity contribution in [3.63, 3.8) is 0 Å². The standard InChI is InChI=1S/C9H6N2O3S/c12-9(13)6-3-4-5(14-6)1-2-7-8(4)10-11-15-7/h3H,1-2H2,(H,12,13). The number of rotatable bonds is 1. The van der Waals surface area contributed by atoms with E-state index in [0.29, 0.717) is 5.76 Å². The van der Waals surface area contributed by atoms with E-state index >= 15 is 0 Å². The molecular weight excluding hydrogens is 216 g/mol. The number of hydrogen-bond acceptors (Lipinski definition) is 5. The van der Waals surface area contributed by atoms with Gasteiger partial charge in [-0.15, -0.1) is 5.10 Å². The molecule has 1 N–H and O–H groups in total. The summed E-state index contributed by atoms with van der Waals surface area (Å²) < 4.78 is 9.09. The maximum atomic E-state index is 10.7. The summed E-state index contributed by atoms with van der Waals surface area (Å²) in [5, 5.41) is 12.8. The summed E-state index contributed by atoms with van der Waals surface area (Å²) >= 11 is 1.36. The lowest BCUT2D eigenvalue weighted by atomic mass is 10.0. The van der Waals surface area contributed by atoms with E-state index in [9.17, 15) is 4.79 Å². The quantitative estimate of drug-likeness (QED) is 0.792. The van der Waals surface area contributed by atoms with Gasteiger partial charge in [0.25, 0.3) is 0 Å². The molecule has 0 atom stereocenters. The van der Waals surface area contributed by atoms with E-state index in [4.69, 9.17) is 9.52 Å². The Kier molecular flexibility index (Phi) is 1.66. The Balaban J connectivity index is 2.20. The molecule has 0 amide bonds. The fraction of sp³-hybridized carbons (Fsp3) is 0.222. The van der Waals surface area contributed by atoms with Gasteiger partial charge in [0, 0.05) is 18.1 Å². The molecule has 1 aliphatic rings. The zero-order valence-corrected chi connectivity index (χ0v) is 8.37. The molecule has 0 saturated heterocycles. The van der Waals surface area contributed by atoms with Crippen LogP contribution in [0.2, 0.25) is 0 Å². The molecule has 3 rings (SSSR count). The topological polar surface area (TPSA) is 76.2 Å². The molecule has 2 heterocycles. The summed E-state index contributed by atoms with van der Waals surface area (Å²) in [5.41, 5.74) is 1.56. The Morgan fingerprint density at radius 1 is 1.53 bits per heavy atom. The van der Waals surface area contributed by atoms with Gasteiger partial charge in [0.1, 0.15) is 11.5 Å². The smallest absolute Gasteiger partial charge is 0.371 e. The highest BCUT2D eigenvalue weighted by Gasteiger charge is 2.25. The Hall–Kier alpha value is -1.69. The average molecular weight is 222 g/mol. The van der Waals surface area contributed by atoms with E-state index in [1.54, 1.807) is 0 Å². The number of carboxylic acid groups (broad SMARTS) is 1. The van der Waals surface area contributed by atoms with Crippen LogP contribution < -0.4 is 0 Å². The Labute approximate surface area is 88.5 Å². The first kappa shape index (κ1) is 8.60. The van der Waals surface area contributed by atoms with Gasteiger partial charge >= 0.3 is 5.97 Å². The van der Waals surface area contributed by atoms with Gasteiger partial charge < -0.3 is 9.52 Å². The summed E-state index contributed by atoms with van der Waals surface area (Å²) in [4.78, 5) is 11.8. The fourth-order valence-electron chi connectivity index (χ4n) is 1.72. The van der Waals surface area contributed by atoms with Crippen LogP contribution in [0.1, 0.15) is 21.2 Å². The lowest BCUT2D eigenvalue weighted by Gasteiger charge is -2.06. The zero-order chi connectivity index (χ0) is 10.4. The Morgan fingerprint density at radius 3 is 3.20 bits per heavy atom. The van der Waals surface area contributed by atoms with E-state index in [2.05, 4.69) is 9.59 Å². The van der Waals surface area contributed by atoms with Gasteiger partial charge in [-0.3, -0.25) is 0 Å². The van der Waals surface area contributed by atoms with Crippen LogP contribution in [-0.2, 0) is 12.8 Å². The number of nitrogens with zero attached hydrogens (tertiary/aromatic N) is 2. The molecular formula is C9H6N2O3S. The predicted octanol–water partition coefficient (Wildman–Crippen LogP) is 1.59. The first-order chi connectivity index (χ1) is 7.25. The van der Waals surface area contributed by atoms with E-state index in [1.165, 1.54) is 17.6 Å². The molecule has 1 aliphatic carbocycles. The highest BCUT2D eigenvalue weighted by Crippen LogP contribution is 2.35. The second kappa shape index (κ2) is 2.90. The van der Waals surface area contributed by atoms with E-state index in [-0.39, 0.29) is 5.76 Å². The molecule has 0 bridgehead atoms. The van der Waals surface area contributed by atoms with Crippen molar-refractivity contribution in [2.45, 2.75) is 12.8 Å². The molecule has 2 aromatic rings. The monoisotopic (exact) mass is 222 g/mol. The van der Waals surface area contributed by atoms with Crippen molar-refractivity contribution in [1.29, 1.82) is 0 Å². The van der Waals surface area contributed by atoms with Gasteiger partial charge in [0.2, 0.25) is 5.76 Å². The van der Waals surface area contributed by atoms with Gasteiger partial charge in [0.05, 0.1) is 4.88 Å². The van der Waals surface area contributed by atoms with E-state index < -0.39 is 5.97 Å². The molecule has 0 unspecified atom stereocenters. The lowest BCUT2D eigenvalue weighted by molar-refractivity contribution is 0.0660. The van der Waals surface area contributed by atoms with Crippen molar-refractivity contribution in [2.75, 3.05) is 0 Å². The number of aryl methyl sites for hydroxylation is 2. The number of carbonyl (C=O) groups is 1. The largest absolute Gasteiger partial charge is 0.475 e.